The molecule has 0 spiro atoms. The van der Waals surface area contributed by atoms with Gasteiger partial charge in [0.1, 0.15) is 0 Å². The highest BCUT2D eigenvalue weighted by Gasteiger charge is 2.15. The van der Waals surface area contributed by atoms with Gasteiger partial charge in [0.15, 0.2) is 0 Å². The molecule has 0 radical (unpaired) electrons. The van der Waals surface area contributed by atoms with Crippen molar-refractivity contribution >= 4 is 22.6 Å². The summed E-state index contributed by atoms with van der Waals surface area (Å²) in [4.78, 5) is 0. The van der Waals surface area contributed by atoms with Crippen LogP contribution in [0.1, 0.15) is 32.6 Å². The third-order valence-corrected chi connectivity index (χ3v) is 2.63. The maximum atomic E-state index is 2.47. The molecule has 0 aromatic carbocycles. The SMILES string of the molecule is CCCC(CI)=C1CC1. The van der Waals surface area contributed by atoms with Crippen LogP contribution >= 0.6 is 22.6 Å². The van der Waals surface area contributed by atoms with E-state index in [2.05, 4.69) is 29.5 Å². The predicted molar refractivity (Wildman–Crippen MR) is 50.1 cm³/mol. The number of alkyl halides is 1. The monoisotopic (exact) mass is 236 g/mol. The minimum absolute atomic E-state index is 1.26. The van der Waals surface area contributed by atoms with Gasteiger partial charge in [-0.05, 0) is 19.3 Å². The van der Waals surface area contributed by atoms with Crippen molar-refractivity contribution in [1.29, 1.82) is 0 Å². The van der Waals surface area contributed by atoms with Crippen LogP contribution < -0.4 is 0 Å². The molecule has 1 aliphatic rings. The molecule has 1 fully saturated rings. The molecule has 0 aromatic rings. The number of allylic oxidation sites excluding steroid dienone is 2. The van der Waals surface area contributed by atoms with E-state index >= 15 is 0 Å². The van der Waals surface area contributed by atoms with Gasteiger partial charge in [-0.25, -0.2) is 0 Å². The van der Waals surface area contributed by atoms with Crippen LogP contribution in [-0.2, 0) is 0 Å². The first-order chi connectivity index (χ1) is 4.38. The van der Waals surface area contributed by atoms with Gasteiger partial charge in [0.2, 0.25) is 0 Å². The molecule has 0 aliphatic heterocycles. The molecule has 0 unspecified atom stereocenters. The van der Waals surface area contributed by atoms with E-state index in [0.29, 0.717) is 0 Å². The Balaban J connectivity index is 2.39. The van der Waals surface area contributed by atoms with Crippen molar-refractivity contribution in [3.05, 3.63) is 11.1 Å². The maximum Gasteiger partial charge on any atom is 0.0208 e. The molecular formula is C8H13I. The molecule has 0 heterocycles. The van der Waals surface area contributed by atoms with E-state index in [9.17, 15) is 0 Å². The van der Waals surface area contributed by atoms with E-state index < -0.39 is 0 Å². The molecule has 0 nitrogen and oxygen atoms in total. The molecule has 0 aromatic heterocycles. The van der Waals surface area contributed by atoms with Gasteiger partial charge in [-0.3, -0.25) is 0 Å². The van der Waals surface area contributed by atoms with Gasteiger partial charge < -0.3 is 0 Å². The van der Waals surface area contributed by atoms with Gasteiger partial charge in [-0.1, -0.05) is 47.1 Å². The highest BCUT2D eigenvalue weighted by atomic mass is 127. The Morgan fingerprint density at radius 3 is 2.56 bits per heavy atom. The van der Waals surface area contributed by atoms with Crippen LogP contribution in [0.5, 0.6) is 0 Å². The van der Waals surface area contributed by atoms with Crippen molar-refractivity contribution < 1.29 is 0 Å². The summed E-state index contributed by atoms with van der Waals surface area (Å²) >= 11 is 2.47. The Bertz CT molecular complexity index is 119. The molecule has 1 heteroatoms. The fourth-order valence-electron chi connectivity index (χ4n) is 1.06. The lowest BCUT2D eigenvalue weighted by molar-refractivity contribution is 0.907. The van der Waals surface area contributed by atoms with Crippen molar-refractivity contribution in [2.75, 3.05) is 4.43 Å². The lowest BCUT2D eigenvalue weighted by Crippen LogP contribution is -1.82. The largest absolute Gasteiger partial charge is 0.0815 e. The van der Waals surface area contributed by atoms with Crippen molar-refractivity contribution in [3.63, 3.8) is 0 Å². The molecular weight excluding hydrogens is 223 g/mol. The van der Waals surface area contributed by atoms with Crippen LogP contribution in [0.2, 0.25) is 0 Å². The number of rotatable bonds is 3. The summed E-state index contributed by atoms with van der Waals surface area (Å²) in [5.41, 5.74) is 3.49. The first kappa shape index (κ1) is 7.58. The Hall–Kier alpha value is 0.470. The molecule has 0 amide bonds. The molecule has 0 bridgehead atoms. The smallest absolute Gasteiger partial charge is 0.0208 e. The molecule has 0 N–H and O–H groups in total. The van der Waals surface area contributed by atoms with Crippen LogP contribution in [0.4, 0.5) is 0 Å². The fraction of sp³-hybridized carbons (Fsp3) is 0.750. The molecule has 1 saturated carbocycles. The second-order valence-corrected chi connectivity index (χ2v) is 3.35. The second kappa shape index (κ2) is 3.59. The van der Waals surface area contributed by atoms with Gasteiger partial charge >= 0.3 is 0 Å². The molecule has 1 aliphatic carbocycles. The van der Waals surface area contributed by atoms with E-state index in [1.54, 1.807) is 11.1 Å². The van der Waals surface area contributed by atoms with Gasteiger partial charge in [0.05, 0.1) is 0 Å². The minimum atomic E-state index is 1.26. The summed E-state index contributed by atoms with van der Waals surface area (Å²) in [6.07, 6.45) is 5.47. The summed E-state index contributed by atoms with van der Waals surface area (Å²) in [5.74, 6) is 0. The molecule has 1 rings (SSSR count). The fourth-order valence-corrected chi connectivity index (χ4v) is 1.98. The van der Waals surface area contributed by atoms with Gasteiger partial charge in [0.25, 0.3) is 0 Å². The zero-order chi connectivity index (χ0) is 6.69. The molecule has 52 valence electrons. The second-order valence-electron chi connectivity index (χ2n) is 2.59. The summed E-state index contributed by atoms with van der Waals surface area (Å²) < 4.78 is 1.26. The minimum Gasteiger partial charge on any atom is -0.0815 e. The Labute approximate surface area is 70.9 Å². The molecule has 9 heavy (non-hydrogen) atoms. The van der Waals surface area contributed by atoms with Crippen molar-refractivity contribution in [2.24, 2.45) is 0 Å². The van der Waals surface area contributed by atoms with Crippen LogP contribution in [0.25, 0.3) is 0 Å². The van der Waals surface area contributed by atoms with Gasteiger partial charge in [-0.15, -0.1) is 0 Å². The summed E-state index contributed by atoms with van der Waals surface area (Å²) in [7, 11) is 0. The van der Waals surface area contributed by atoms with E-state index in [1.807, 2.05) is 0 Å². The Morgan fingerprint density at radius 2 is 2.22 bits per heavy atom. The zero-order valence-electron chi connectivity index (χ0n) is 5.91. The van der Waals surface area contributed by atoms with Gasteiger partial charge in [-0.2, -0.15) is 0 Å². The van der Waals surface area contributed by atoms with E-state index in [1.165, 1.54) is 30.1 Å². The van der Waals surface area contributed by atoms with Crippen LogP contribution in [0.3, 0.4) is 0 Å². The Kier molecular flexibility index (Phi) is 3.02. The lowest BCUT2D eigenvalue weighted by atomic mass is 10.1. The predicted octanol–water partition coefficient (Wildman–Crippen LogP) is 3.31. The van der Waals surface area contributed by atoms with Gasteiger partial charge in [0, 0.05) is 4.43 Å². The number of hydrogen-bond acceptors (Lipinski definition) is 0. The highest BCUT2D eigenvalue weighted by molar-refractivity contribution is 14.1. The summed E-state index contributed by atoms with van der Waals surface area (Å²) in [6.45, 7) is 2.26. The third kappa shape index (κ3) is 2.28. The lowest BCUT2D eigenvalue weighted by Gasteiger charge is -1.97. The van der Waals surface area contributed by atoms with E-state index in [0.717, 1.165) is 0 Å². The Morgan fingerprint density at radius 1 is 1.56 bits per heavy atom. The molecule has 0 atom stereocenters. The van der Waals surface area contributed by atoms with Crippen molar-refractivity contribution in [1.82, 2.24) is 0 Å². The third-order valence-electron chi connectivity index (χ3n) is 1.71. The normalized spacial score (nSPS) is 16.0. The maximum absolute atomic E-state index is 2.47. The summed E-state index contributed by atoms with van der Waals surface area (Å²) in [5, 5.41) is 0. The summed E-state index contributed by atoms with van der Waals surface area (Å²) in [6, 6.07) is 0. The molecule has 0 saturated heterocycles. The average Bonchev–Trinajstić information content (AvgIpc) is 2.64. The van der Waals surface area contributed by atoms with Crippen molar-refractivity contribution in [3.8, 4) is 0 Å². The van der Waals surface area contributed by atoms with E-state index in [4.69, 9.17) is 0 Å². The van der Waals surface area contributed by atoms with Crippen LogP contribution in [0.15, 0.2) is 11.1 Å². The topological polar surface area (TPSA) is 0 Å². The van der Waals surface area contributed by atoms with Crippen molar-refractivity contribution in [2.45, 2.75) is 32.6 Å². The standard InChI is InChI=1S/C8H13I/c1-2-3-8(6-9)7-4-5-7/h2-6H2,1H3. The van der Waals surface area contributed by atoms with E-state index in [-0.39, 0.29) is 0 Å². The first-order valence-electron chi connectivity index (χ1n) is 3.64. The quantitative estimate of drug-likeness (QED) is 0.400. The zero-order valence-corrected chi connectivity index (χ0v) is 8.07. The van der Waals surface area contributed by atoms with Crippen LogP contribution in [-0.4, -0.2) is 4.43 Å². The number of hydrogen-bond donors (Lipinski definition) is 0. The average molecular weight is 236 g/mol. The number of halogens is 1. The highest BCUT2D eigenvalue weighted by Crippen LogP contribution is 2.34. The van der Waals surface area contributed by atoms with Crippen LogP contribution in [0, 0.1) is 0 Å². The first-order valence-corrected chi connectivity index (χ1v) is 5.16.